The average molecular weight is 426 g/mol. The number of thiophene rings is 1. The third kappa shape index (κ3) is 5.39. The van der Waals surface area contributed by atoms with Crippen LogP contribution >= 0.6 is 11.3 Å². The predicted molar refractivity (Wildman–Crippen MR) is 124 cm³/mol. The summed E-state index contributed by atoms with van der Waals surface area (Å²) in [4.78, 5) is 26.2. The van der Waals surface area contributed by atoms with Gasteiger partial charge in [0.05, 0.1) is 12.7 Å². The largest absolute Gasteiger partial charge is 0.465 e. The number of benzene rings is 1. The van der Waals surface area contributed by atoms with Crippen LogP contribution in [0, 0.1) is 0 Å². The molecule has 1 aromatic carbocycles. The molecule has 0 bridgehead atoms. The van der Waals surface area contributed by atoms with E-state index in [2.05, 4.69) is 38.2 Å². The van der Waals surface area contributed by atoms with E-state index in [4.69, 9.17) is 4.74 Å². The second kappa shape index (κ2) is 9.61. The fourth-order valence-corrected chi connectivity index (χ4v) is 5.03. The Morgan fingerprint density at radius 1 is 1.03 bits per heavy atom. The van der Waals surface area contributed by atoms with E-state index < -0.39 is 0 Å². The number of methoxy groups -OCH3 is 1. The Morgan fingerprint density at radius 3 is 2.33 bits per heavy atom. The van der Waals surface area contributed by atoms with Crippen LogP contribution in [0.15, 0.2) is 30.3 Å². The summed E-state index contributed by atoms with van der Waals surface area (Å²) in [6.45, 7) is 6.53. The summed E-state index contributed by atoms with van der Waals surface area (Å²) in [5.74, 6) is -0.612. The van der Waals surface area contributed by atoms with Gasteiger partial charge in [-0.2, -0.15) is 0 Å². The zero-order chi connectivity index (χ0) is 21.7. The molecule has 2 aromatic rings. The number of hydrogen-bond donors (Lipinski definition) is 1. The van der Waals surface area contributed by atoms with Gasteiger partial charge in [-0.3, -0.25) is 4.79 Å². The third-order valence-corrected chi connectivity index (χ3v) is 6.71. The highest BCUT2D eigenvalue weighted by Gasteiger charge is 2.25. The van der Waals surface area contributed by atoms with E-state index in [0.717, 1.165) is 36.8 Å². The maximum absolute atomic E-state index is 12.6. The highest BCUT2D eigenvalue weighted by molar-refractivity contribution is 7.17. The molecule has 0 aliphatic heterocycles. The fourth-order valence-electron chi connectivity index (χ4n) is 3.75. The topological polar surface area (TPSA) is 55.4 Å². The number of esters is 1. The van der Waals surface area contributed by atoms with Crippen LogP contribution < -0.4 is 5.32 Å². The van der Waals surface area contributed by atoms with Gasteiger partial charge in [-0.25, -0.2) is 4.79 Å². The molecule has 0 atom stereocenters. The van der Waals surface area contributed by atoms with Crippen molar-refractivity contribution in [3.05, 3.63) is 57.5 Å². The highest BCUT2D eigenvalue weighted by atomic mass is 32.1. The molecule has 1 aromatic heterocycles. The van der Waals surface area contributed by atoms with E-state index in [9.17, 15) is 9.59 Å². The normalized spacial score (nSPS) is 14.7. The lowest BCUT2D eigenvalue weighted by Gasteiger charge is -2.18. The smallest absolute Gasteiger partial charge is 0.341 e. The van der Waals surface area contributed by atoms with Crippen LogP contribution in [0.4, 0.5) is 5.00 Å². The number of ether oxygens (including phenoxy) is 1. The van der Waals surface area contributed by atoms with Crippen molar-refractivity contribution < 1.29 is 14.3 Å². The average Bonchev–Trinajstić information content (AvgIpc) is 3.01. The van der Waals surface area contributed by atoms with Crippen molar-refractivity contribution in [1.82, 2.24) is 0 Å². The molecule has 160 valence electrons. The van der Waals surface area contributed by atoms with Gasteiger partial charge in [0, 0.05) is 11.0 Å². The van der Waals surface area contributed by atoms with E-state index in [0.29, 0.717) is 10.6 Å². The number of amides is 1. The van der Waals surface area contributed by atoms with Crippen molar-refractivity contribution in [2.75, 3.05) is 12.4 Å². The van der Waals surface area contributed by atoms with Crippen molar-refractivity contribution >= 4 is 34.3 Å². The number of hydrogen-bond acceptors (Lipinski definition) is 4. The number of aryl methyl sites for hydroxylation is 1. The Kier molecular flexibility index (Phi) is 7.14. The minimum Gasteiger partial charge on any atom is -0.465 e. The van der Waals surface area contributed by atoms with Crippen molar-refractivity contribution in [2.45, 2.75) is 64.7 Å². The van der Waals surface area contributed by atoms with Crippen LogP contribution in [-0.4, -0.2) is 19.0 Å². The Bertz CT molecular complexity index is 933. The lowest BCUT2D eigenvalue weighted by atomic mass is 9.87. The number of fused-ring (bicyclic) bond motifs is 1. The van der Waals surface area contributed by atoms with Gasteiger partial charge in [0.25, 0.3) is 0 Å². The Labute approximate surface area is 183 Å². The van der Waals surface area contributed by atoms with Crippen LogP contribution in [0.2, 0.25) is 0 Å². The van der Waals surface area contributed by atoms with E-state index in [1.165, 1.54) is 47.8 Å². The summed E-state index contributed by atoms with van der Waals surface area (Å²) in [5.41, 5.74) is 3.91. The molecule has 1 heterocycles. The lowest BCUT2D eigenvalue weighted by Crippen LogP contribution is -2.12. The van der Waals surface area contributed by atoms with Gasteiger partial charge in [-0.05, 0) is 53.9 Å². The summed E-state index contributed by atoms with van der Waals surface area (Å²) in [6.07, 6.45) is 9.70. The van der Waals surface area contributed by atoms with Crippen molar-refractivity contribution in [2.24, 2.45) is 0 Å². The molecule has 0 saturated carbocycles. The second-order valence-electron chi connectivity index (χ2n) is 8.81. The number of nitrogens with one attached hydrogen (secondary N) is 1. The van der Waals surface area contributed by atoms with Crippen LogP contribution in [0.25, 0.3) is 6.08 Å². The molecule has 0 radical (unpaired) electrons. The maximum Gasteiger partial charge on any atom is 0.341 e. The van der Waals surface area contributed by atoms with Gasteiger partial charge in [0.15, 0.2) is 0 Å². The van der Waals surface area contributed by atoms with E-state index in [1.54, 1.807) is 6.08 Å². The van der Waals surface area contributed by atoms with Gasteiger partial charge in [-0.15, -0.1) is 11.3 Å². The molecular weight excluding hydrogens is 394 g/mol. The van der Waals surface area contributed by atoms with Crippen molar-refractivity contribution in [3.63, 3.8) is 0 Å². The minimum atomic E-state index is -0.370. The molecule has 3 rings (SSSR count). The first-order chi connectivity index (χ1) is 14.3. The Hall–Kier alpha value is -2.40. The Morgan fingerprint density at radius 2 is 1.70 bits per heavy atom. The molecule has 4 nitrogen and oxygen atoms in total. The van der Waals surface area contributed by atoms with Crippen molar-refractivity contribution in [3.8, 4) is 0 Å². The lowest BCUT2D eigenvalue weighted by molar-refractivity contribution is -0.111. The molecular formula is C25H31NO3S. The van der Waals surface area contributed by atoms with Gasteiger partial charge < -0.3 is 10.1 Å². The number of rotatable bonds is 4. The summed E-state index contributed by atoms with van der Waals surface area (Å²) in [7, 11) is 1.39. The summed E-state index contributed by atoms with van der Waals surface area (Å²) in [6, 6.07) is 8.21. The van der Waals surface area contributed by atoms with Crippen LogP contribution in [0.3, 0.4) is 0 Å². The second-order valence-corrected chi connectivity index (χ2v) is 9.91. The van der Waals surface area contributed by atoms with Gasteiger partial charge in [-0.1, -0.05) is 57.9 Å². The molecule has 0 spiro atoms. The van der Waals surface area contributed by atoms with E-state index in [-0.39, 0.29) is 17.3 Å². The first-order valence-corrected chi connectivity index (χ1v) is 11.4. The Balaban J connectivity index is 1.78. The maximum atomic E-state index is 12.6. The first-order valence-electron chi connectivity index (χ1n) is 10.6. The van der Waals surface area contributed by atoms with E-state index in [1.807, 2.05) is 12.1 Å². The van der Waals surface area contributed by atoms with E-state index >= 15 is 0 Å². The predicted octanol–water partition coefficient (Wildman–Crippen LogP) is 6.14. The SMILES string of the molecule is COC(=O)c1c(NC(=O)C=Cc2ccc(C(C)(C)C)cc2)sc2c1CCCCCC2. The molecule has 1 amide bonds. The standard InChI is InChI=1S/C25H31NO3S/c1-25(2,3)18-14-11-17(12-15-18)13-16-21(27)26-23-22(24(28)29-4)19-9-7-5-6-8-10-20(19)30-23/h11-16H,5-10H2,1-4H3,(H,26,27). The molecule has 1 aliphatic carbocycles. The zero-order valence-electron chi connectivity index (χ0n) is 18.3. The third-order valence-electron chi connectivity index (χ3n) is 5.50. The molecule has 0 unspecified atom stereocenters. The molecule has 1 N–H and O–H groups in total. The summed E-state index contributed by atoms with van der Waals surface area (Å²) in [5, 5.41) is 3.52. The highest BCUT2D eigenvalue weighted by Crippen LogP contribution is 2.37. The number of anilines is 1. The monoisotopic (exact) mass is 425 g/mol. The quantitative estimate of drug-likeness (QED) is 0.473. The molecule has 30 heavy (non-hydrogen) atoms. The molecule has 5 heteroatoms. The summed E-state index contributed by atoms with van der Waals surface area (Å²) >= 11 is 1.52. The summed E-state index contributed by atoms with van der Waals surface area (Å²) < 4.78 is 5.02. The number of carbonyl (C=O) groups is 2. The minimum absolute atomic E-state index is 0.0972. The zero-order valence-corrected chi connectivity index (χ0v) is 19.2. The van der Waals surface area contributed by atoms with Crippen LogP contribution in [0.1, 0.15) is 78.4 Å². The first kappa shape index (κ1) is 22.3. The fraction of sp³-hybridized carbons (Fsp3) is 0.440. The van der Waals surface area contributed by atoms with Crippen molar-refractivity contribution in [1.29, 1.82) is 0 Å². The van der Waals surface area contributed by atoms with Crippen LogP contribution in [0.5, 0.6) is 0 Å². The molecule has 0 fully saturated rings. The molecule has 1 aliphatic rings. The van der Waals surface area contributed by atoms with Gasteiger partial charge in [0.2, 0.25) is 5.91 Å². The molecule has 0 saturated heterocycles. The van der Waals surface area contributed by atoms with Gasteiger partial charge in [0.1, 0.15) is 5.00 Å². The van der Waals surface area contributed by atoms with Crippen LogP contribution in [-0.2, 0) is 27.8 Å². The van der Waals surface area contributed by atoms with Gasteiger partial charge >= 0.3 is 5.97 Å². The number of carbonyl (C=O) groups excluding carboxylic acids is 2.